The molecular formula is C11H17NO3. The van der Waals surface area contributed by atoms with Gasteiger partial charge in [-0.1, -0.05) is 5.92 Å². The van der Waals surface area contributed by atoms with E-state index in [-0.39, 0.29) is 5.91 Å². The Balaban J connectivity index is 2.51. The Hall–Kier alpha value is -1.05. The number of nitrogens with zero attached hydrogens (tertiary/aromatic N) is 1. The second-order valence-electron chi connectivity index (χ2n) is 3.87. The number of hydrogen-bond acceptors (Lipinski definition) is 3. The van der Waals surface area contributed by atoms with Crippen LogP contribution in [0.5, 0.6) is 0 Å². The van der Waals surface area contributed by atoms with Crippen molar-refractivity contribution in [2.75, 3.05) is 26.8 Å². The van der Waals surface area contributed by atoms with Gasteiger partial charge in [0.15, 0.2) is 0 Å². The molecule has 0 aromatic heterocycles. The van der Waals surface area contributed by atoms with E-state index in [2.05, 4.69) is 11.8 Å². The third-order valence-corrected chi connectivity index (χ3v) is 2.53. The van der Waals surface area contributed by atoms with Crippen molar-refractivity contribution >= 4 is 5.91 Å². The van der Waals surface area contributed by atoms with Gasteiger partial charge in [-0.3, -0.25) is 4.79 Å². The molecule has 1 aliphatic heterocycles. The van der Waals surface area contributed by atoms with Gasteiger partial charge in [-0.05, 0) is 12.8 Å². The molecule has 1 saturated heterocycles. The summed E-state index contributed by atoms with van der Waals surface area (Å²) >= 11 is 0. The van der Waals surface area contributed by atoms with E-state index in [1.54, 1.807) is 14.0 Å². The van der Waals surface area contributed by atoms with Crippen LogP contribution in [-0.4, -0.2) is 48.3 Å². The van der Waals surface area contributed by atoms with Crippen molar-refractivity contribution in [3.05, 3.63) is 0 Å². The van der Waals surface area contributed by atoms with E-state index in [0.717, 1.165) is 0 Å². The molecule has 1 heterocycles. The van der Waals surface area contributed by atoms with Crippen LogP contribution in [0.4, 0.5) is 0 Å². The first-order valence-corrected chi connectivity index (χ1v) is 5.05. The highest BCUT2D eigenvalue weighted by atomic mass is 16.5. The number of hydrogen-bond donors (Lipinski definition) is 1. The summed E-state index contributed by atoms with van der Waals surface area (Å²) in [5.74, 6) is 4.74. The van der Waals surface area contributed by atoms with Gasteiger partial charge >= 0.3 is 0 Å². The predicted molar refractivity (Wildman–Crippen MR) is 56.1 cm³/mol. The summed E-state index contributed by atoms with van der Waals surface area (Å²) in [4.78, 5) is 12.8. The molecule has 0 spiro atoms. The summed E-state index contributed by atoms with van der Waals surface area (Å²) < 4.78 is 5.16. The largest absolute Gasteiger partial charge is 0.388 e. The SMILES string of the molecule is CC#CC(=O)N(C)CC1(O)CCOCC1. The number of carbonyl (C=O) groups excluding carboxylic acids is 1. The van der Waals surface area contributed by atoms with Crippen LogP contribution in [0.25, 0.3) is 0 Å². The van der Waals surface area contributed by atoms with Crippen LogP contribution in [0, 0.1) is 11.8 Å². The zero-order valence-corrected chi connectivity index (χ0v) is 9.25. The molecule has 0 bridgehead atoms. The molecule has 15 heavy (non-hydrogen) atoms. The zero-order chi connectivity index (χ0) is 11.3. The van der Waals surface area contributed by atoms with Crippen LogP contribution in [0.3, 0.4) is 0 Å². The van der Waals surface area contributed by atoms with Gasteiger partial charge in [0, 0.05) is 33.1 Å². The number of likely N-dealkylation sites (N-methyl/N-ethyl adjacent to an activating group) is 1. The fourth-order valence-electron chi connectivity index (χ4n) is 1.63. The number of ether oxygens (including phenoxy) is 1. The third kappa shape index (κ3) is 3.54. The molecule has 1 rings (SSSR count). The van der Waals surface area contributed by atoms with Crippen molar-refractivity contribution in [1.29, 1.82) is 0 Å². The van der Waals surface area contributed by atoms with Gasteiger partial charge in [0.2, 0.25) is 0 Å². The van der Waals surface area contributed by atoms with Crippen LogP contribution >= 0.6 is 0 Å². The Morgan fingerprint density at radius 1 is 1.53 bits per heavy atom. The topological polar surface area (TPSA) is 49.8 Å². The van der Waals surface area contributed by atoms with E-state index in [1.807, 2.05) is 0 Å². The van der Waals surface area contributed by atoms with Crippen molar-refractivity contribution in [3.63, 3.8) is 0 Å². The van der Waals surface area contributed by atoms with Gasteiger partial charge in [0.05, 0.1) is 12.1 Å². The van der Waals surface area contributed by atoms with Crippen LogP contribution in [0.2, 0.25) is 0 Å². The molecule has 0 aliphatic carbocycles. The highest BCUT2D eigenvalue weighted by Gasteiger charge is 2.31. The van der Waals surface area contributed by atoms with E-state index < -0.39 is 5.60 Å². The first kappa shape index (κ1) is 12.0. The quantitative estimate of drug-likeness (QED) is 0.655. The maximum absolute atomic E-state index is 11.4. The maximum Gasteiger partial charge on any atom is 0.298 e. The van der Waals surface area contributed by atoms with E-state index in [4.69, 9.17) is 4.74 Å². The first-order valence-electron chi connectivity index (χ1n) is 5.05. The molecule has 0 aromatic carbocycles. The second kappa shape index (κ2) is 5.15. The lowest BCUT2D eigenvalue weighted by Gasteiger charge is -2.34. The van der Waals surface area contributed by atoms with E-state index in [1.165, 1.54) is 4.90 Å². The second-order valence-corrected chi connectivity index (χ2v) is 3.87. The van der Waals surface area contributed by atoms with Crippen molar-refractivity contribution in [2.45, 2.75) is 25.4 Å². The average Bonchev–Trinajstić information content (AvgIpc) is 2.18. The minimum absolute atomic E-state index is 0.252. The summed E-state index contributed by atoms with van der Waals surface area (Å²) in [6.07, 6.45) is 1.15. The summed E-state index contributed by atoms with van der Waals surface area (Å²) in [7, 11) is 1.65. The van der Waals surface area contributed by atoms with Gasteiger partial charge in [0.25, 0.3) is 5.91 Å². The van der Waals surface area contributed by atoms with Crippen LogP contribution in [-0.2, 0) is 9.53 Å². The lowest BCUT2D eigenvalue weighted by Crippen LogP contribution is -2.47. The van der Waals surface area contributed by atoms with Gasteiger partial charge in [0.1, 0.15) is 0 Å². The van der Waals surface area contributed by atoms with Gasteiger partial charge in [-0.15, -0.1) is 0 Å². The van der Waals surface area contributed by atoms with E-state index in [0.29, 0.717) is 32.6 Å². The van der Waals surface area contributed by atoms with Gasteiger partial charge in [-0.2, -0.15) is 0 Å². The molecule has 0 aromatic rings. The first-order chi connectivity index (χ1) is 7.07. The lowest BCUT2D eigenvalue weighted by molar-refractivity contribution is -0.130. The zero-order valence-electron chi connectivity index (χ0n) is 9.25. The molecule has 0 radical (unpaired) electrons. The molecule has 0 saturated carbocycles. The summed E-state index contributed by atoms with van der Waals surface area (Å²) in [5, 5.41) is 10.1. The van der Waals surface area contributed by atoms with Crippen molar-refractivity contribution in [1.82, 2.24) is 4.90 Å². The van der Waals surface area contributed by atoms with Gasteiger partial charge < -0.3 is 14.7 Å². The molecule has 0 unspecified atom stereocenters. The fourth-order valence-corrected chi connectivity index (χ4v) is 1.63. The van der Waals surface area contributed by atoms with Crippen LogP contribution < -0.4 is 0 Å². The Kier molecular flexibility index (Phi) is 4.13. The van der Waals surface area contributed by atoms with Crippen molar-refractivity contribution in [3.8, 4) is 11.8 Å². The molecule has 4 heteroatoms. The molecule has 0 atom stereocenters. The molecule has 4 nitrogen and oxygen atoms in total. The fraction of sp³-hybridized carbons (Fsp3) is 0.727. The highest BCUT2D eigenvalue weighted by molar-refractivity contribution is 5.93. The summed E-state index contributed by atoms with van der Waals surface area (Å²) in [6, 6.07) is 0. The van der Waals surface area contributed by atoms with Crippen molar-refractivity contribution < 1.29 is 14.6 Å². The molecule has 1 aliphatic rings. The third-order valence-electron chi connectivity index (χ3n) is 2.53. The summed E-state index contributed by atoms with van der Waals surface area (Å²) in [6.45, 7) is 3.05. The normalized spacial score (nSPS) is 18.9. The molecule has 84 valence electrons. The number of rotatable bonds is 2. The molecule has 1 N–H and O–H groups in total. The maximum atomic E-state index is 11.4. The van der Waals surface area contributed by atoms with Crippen LogP contribution in [0.15, 0.2) is 0 Å². The standard InChI is InChI=1S/C11H17NO3/c1-3-4-10(13)12(2)9-11(14)5-7-15-8-6-11/h14H,5-9H2,1-2H3. The molecule has 1 fully saturated rings. The number of aliphatic hydroxyl groups is 1. The Morgan fingerprint density at radius 3 is 2.67 bits per heavy atom. The highest BCUT2D eigenvalue weighted by Crippen LogP contribution is 2.21. The smallest absolute Gasteiger partial charge is 0.298 e. The monoisotopic (exact) mass is 211 g/mol. The minimum atomic E-state index is -0.807. The van der Waals surface area contributed by atoms with E-state index in [9.17, 15) is 9.90 Å². The lowest BCUT2D eigenvalue weighted by atomic mass is 9.94. The molecular weight excluding hydrogens is 194 g/mol. The van der Waals surface area contributed by atoms with Gasteiger partial charge in [-0.25, -0.2) is 0 Å². The Morgan fingerprint density at radius 2 is 2.13 bits per heavy atom. The Labute approximate surface area is 90.2 Å². The minimum Gasteiger partial charge on any atom is -0.388 e. The number of amides is 1. The average molecular weight is 211 g/mol. The number of carbonyl (C=O) groups is 1. The van der Waals surface area contributed by atoms with Crippen LogP contribution in [0.1, 0.15) is 19.8 Å². The Bertz CT molecular complexity index is 284. The van der Waals surface area contributed by atoms with Crippen molar-refractivity contribution in [2.24, 2.45) is 0 Å². The summed E-state index contributed by atoms with van der Waals surface area (Å²) in [5.41, 5.74) is -0.807. The predicted octanol–water partition coefficient (Wildman–Crippen LogP) is 0.00960. The van der Waals surface area contributed by atoms with E-state index >= 15 is 0 Å². The molecule has 1 amide bonds.